The normalized spacial score (nSPS) is 16.5. The Bertz CT molecular complexity index is 178. The Morgan fingerprint density at radius 2 is 1.82 bits per heavy atom. The maximum Gasteiger partial charge on any atom is 0.129 e. The summed E-state index contributed by atoms with van der Waals surface area (Å²) >= 11 is 0. The van der Waals surface area contributed by atoms with Gasteiger partial charge in [0.1, 0.15) is 13.7 Å². The highest BCUT2D eigenvalue weighted by atomic mass is 28.3. The Morgan fingerprint density at radius 1 is 1.36 bits per heavy atom. The van der Waals surface area contributed by atoms with Crippen molar-refractivity contribution in [3.63, 3.8) is 0 Å². The summed E-state index contributed by atoms with van der Waals surface area (Å²) in [5, 5.41) is 9.54. The van der Waals surface area contributed by atoms with Crippen LogP contribution in [-0.2, 0) is 0 Å². The minimum absolute atomic E-state index is 0.699. The van der Waals surface area contributed by atoms with E-state index in [0.29, 0.717) is 6.42 Å². The highest BCUT2D eigenvalue weighted by Crippen LogP contribution is 2.07. The fourth-order valence-electron chi connectivity index (χ4n) is 0.411. The van der Waals surface area contributed by atoms with Crippen LogP contribution in [0.5, 0.6) is 0 Å². The second kappa shape index (κ2) is 3.42. The SMILES string of the molecule is CC[C@@](C)(O)C#C[Si](C)(C)C. The lowest BCUT2D eigenvalue weighted by Gasteiger charge is -2.14. The van der Waals surface area contributed by atoms with E-state index in [2.05, 4.69) is 31.1 Å². The van der Waals surface area contributed by atoms with Gasteiger partial charge in [0.2, 0.25) is 0 Å². The fourth-order valence-corrected chi connectivity index (χ4v) is 1.05. The van der Waals surface area contributed by atoms with Crippen molar-refractivity contribution < 1.29 is 5.11 Å². The van der Waals surface area contributed by atoms with Crippen LogP contribution in [0.25, 0.3) is 0 Å². The third-order valence-corrected chi connectivity index (χ3v) is 2.27. The molecule has 0 aromatic heterocycles. The summed E-state index contributed by atoms with van der Waals surface area (Å²) in [5.41, 5.74) is 2.37. The molecule has 11 heavy (non-hydrogen) atoms. The van der Waals surface area contributed by atoms with Crippen LogP contribution >= 0.6 is 0 Å². The van der Waals surface area contributed by atoms with E-state index in [4.69, 9.17) is 0 Å². The zero-order valence-electron chi connectivity index (χ0n) is 8.15. The molecule has 0 heterocycles. The Morgan fingerprint density at radius 3 is 2.09 bits per heavy atom. The molecule has 0 saturated heterocycles. The minimum atomic E-state index is -1.30. The van der Waals surface area contributed by atoms with Crippen molar-refractivity contribution in [2.24, 2.45) is 0 Å². The molecule has 0 unspecified atom stereocenters. The maximum atomic E-state index is 9.54. The molecule has 0 spiro atoms. The van der Waals surface area contributed by atoms with Crippen molar-refractivity contribution in [3.05, 3.63) is 0 Å². The van der Waals surface area contributed by atoms with Gasteiger partial charge in [0.15, 0.2) is 0 Å². The van der Waals surface area contributed by atoms with Crippen LogP contribution in [0.2, 0.25) is 19.6 Å². The van der Waals surface area contributed by atoms with Gasteiger partial charge in [-0.05, 0) is 13.3 Å². The van der Waals surface area contributed by atoms with Crippen LogP contribution in [0.15, 0.2) is 0 Å². The summed E-state index contributed by atoms with van der Waals surface area (Å²) in [6, 6.07) is 0. The molecule has 0 radical (unpaired) electrons. The highest BCUT2D eigenvalue weighted by Gasteiger charge is 2.15. The standard InChI is InChI=1S/C9H18OSi/c1-6-9(2,10)7-8-11(3,4)5/h10H,6H2,1-5H3/t9-/m1/s1. The molecule has 0 aromatic carbocycles. The predicted octanol–water partition coefficient (Wildman–Crippen LogP) is 2.03. The molecular weight excluding hydrogens is 152 g/mol. The van der Waals surface area contributed by atoms with E-state index in [-0.39, 0.29) is 0 Å². The molecule has 1 N–H and O–H groups in total. The largest absolute Gasteiger partial charge is 0.378 e. The predicted molar refractivity (Wildman–Crippen MR) is 52.0 cm³/mol. The van der Waals surface area contributed by atoms with E-state index in [0.717, 1.165) is 0 Å². The van der Waals surface area contributed by atoms with E-state index in [1.807, 2.05) is 6.92 Å². The Kier molecular flexibility index (Phi) is 3.34. The van der Waals surface area contributed by atoms with E-state index in [1.165, 1.54) is 0 Å². The third-order valence-electron chi connectivity index (χ3n) is 1.40. The highest BCUT2D eigenvalue weighted by molar-refractivity contribution is 6.83. The van der Waals surface area contributed by atoms with Gasteiger partial charge in [0.25, 0.3) is 0 Å². The van der Waals surface area contributed by atoms with E-state index >= 15 is 0 Å². The summed E-state index contributed by atoms with van der Waals surface area (Å²) < 4.78 is 0. The van der Waals surface area contributed by atoms with Crippen molar-refractivity contribution in [1.82, 2.24) is 0 Å². The molecule has 1 atom stereocenters. The van der Waals surface area contributed by atoms with Crippen LogP contribution in [0, 0.1) is 11.5 Å². The molecule has 0 fully saturated rings. The second-order valence-electron chi connectivity index (χ2n) is 4.13. The van der Waals surface area contributed by atoms with Gasteiger partial charge in [0.05, 0.1) is 0 Å². The third kappa shape index (κ3) is 6.15. The van der Waals surface area contributed by atoms with E-state index in [1.54, 1.807) is 6.92 Å². The fraction of sp³-hybridized carbons (Fsp3) is 0.778. The Balaban J connectivity index is 4.29. The van der Waals surface area contributed by atoms with Gasteiger partial charge in [-0.25, -0.2) is 0 Å². The molecule has 0 aliphatic carbocycles. The van der Waals surface area contributed by atoms with E-state index < -0.39 is 13.7 Å². The Hall–Kier alpha value is -0.263. The summed E-state index contributed by atoms with van der Waals surface area (Å²) in [7, 11) is -1.30. The molecule has 2 heteroatoms. The van der Waals surface area contributed by atoms with Gasteiger partial charge in [-0.2, -0.15) is 0 Å². The van der Waals surface area contributed by atoms with Gasteiger partial charge in [-0.3, -0.25) is 0 Å². The Labute approximate surface area is 70.8 Å². The molecule has 0 aliphatic rings. The van der Waals surface area contributed by atoms with Crippen LogP contribution in [0.4, 0.5) is 0 Å². The lowest BCUT2D eigenvalue weighted by molar-refractivity contribution is 0.118. The number of hydrogen-bond donors (Lipinski definition) is 1. The van der Waals surface area contributed by atoms with Crippen molar-refractivity contribution in [2.75, 3.05) is 0 Å². The molecule has 0 aromatic rings. The minimum Gasteiger partial charge on any atom is -0.378 e. The number of aliphatic hydroxyl groups is 1. The van der Waals surface area contributed by atoms with Crippen molar-refractivity contribution >= 4 is 8.07 Å². The lowest BCUT2D eigenvalue weighted by atomic mass is 10.1. The first-order valence-electron chi connectivity index (χ1n) is 4.03. The number of rotatable bonds is 1. The molecular formula is C9H18OSi. The topological polar surface area (TPSA) is 20.2 Å². The van der Waals surface area contributed by atoms with Crippen LogP contribution in [-0.4, -0.2) is 18.8 Å². The quantitative estimate of drug-likeness (QED) is 0.471. The van der Waals surface area contributed by atoms with E-state index in [9.17, 15) is 5.11 Å². The van der Waals surface area contributed by atoms with Crippen LogP contribution in [0.1, 0.15) is 20.3 Å². The summed E-state index contributed by atoms with van der Waals surface area (Å²) in [5.74, 6) is 2.92. The molecule has 64 valence electrons. The van der Waals surface area contributed by atoms with Gasteiger partial charge in [0, 0.05) is 0 Å². The zero-order chi connectivity index (χ0) is 9.12. The number of hydrogen-bond acceptors (Lipinski definition) is 1. The van der Waals surface area contributed by atoms with Gasteiger partial charge in [-0.1, -0.05) is 32.5 Å². The van der Waals surface area contributed by atoms with Crippen LogP contribution < -0.4 is 0 Å². The van der Waals surface area contributed by atoms with Gasteiger partial charge < -0.3 is 5.11 Å². The zero-order valence-corrected chi connectivity index (χ0v) is 9.15. The molecule has 0 amide bonds. The first-order valence-corrected chi connectivity index (χ1v) is 7.53. The maximum absolute atomic E-state index is 9.54. The molecule has 1 nitrogen and oxygen atoms in total. The molecule has 0 rings (SSSR count). The molecule has 0 bridgehead atoms. The summed E-state index contributed by atoms with van der Waals surface area (Å²) in [6.45, 7) is 10.2. The first-order chi connectivity index (χ1) is 4.77. The lowest BCUT2D eigenvalue weighted by Crippen LogP contribution is -2.23. The monoisotopic (exact) mass is 170 g/mol. The van der Waals surface area contributed by atoms with Gasteiger partial charge >= 0.3 is 0 Å². The summed E-state index contributed by atoms with van der Waals surface area (Å²) in [6.07, 6.45) is 0.699. The molecule has 0 saturated carbocycles. The van der Waals surface area contributed by atoms with Crippen LogP contribution in [0.3, 0.4) is 0 Å². The van der Waals surface area contributed by atoms with Crippen molar-refractivity contribution in [2.45, 2.75) is 45.5 Å². The second-order valence-corrected chi connectivity index (χ2v) is 8.88. The smallest absolute Gasteiger partial charge is 0.129 e. The van der Waals surface area contributed by atoms with Crippen molar-refractivity contribution in [1.29, 1.82) is 0 Å². The summed E-state index contributed by atoms with van der Waals surface area (Å²) in [4.78, 5) is 0. The molecule has 0 aliphatic heterocycles. The average Bonchev–Trinajstić information content (AvgIpc) is 1.83. The first kappa shape index (κ1) is 10.7. The average molecular weight is 170 g/mol. The van der Waals surface area contributed by atoms with Crippen molar-refractivity contribution in [3.8, 4) is 11.5 Å². The van der Waals surface area contributed by atoms with Gasteiger partial charge in [-0.15, -0.1) is 5.54 Å².